The van der Waals surface area contributed by atoms with Gasteiger partial charge in [-0.15, -0.1) is 0 Å². The summed E-state index contributed by atoms with van der Waals surface area (Å²) in [7, 11) is 0. The number of halogens is 1. The average Bonchev–Trinajstić information content (AvgIpc) is 2.48. The first-order valence-electron chi connectivity index (χ1n) is 6.12. The van der Waals surface area contributed by atoms with Gasteiger partial charge < -0.3 is 10.4 Å². The number of allylic oxidation sites excluding steroid dienone is 1. The number of benzene rings is 2. The van der Waals surface area contributed by atoms with Gasteiger partial charge in [-0.1, -0.05) is 0 Å². The van der Waals surface area contributed by atoms with Gasteiger partial charge in [0, 0.05) is 23.5 Å². The average molecular weight is 285 g/mol. The molecule has 0 saturated carbocycles. The first kappa shape index (κ1) is 14.5. The summed E-state index contributed by atoms with van der Waals surface area (Å²) in [5, 5.41) is 11.6. The Morgan fingerprint density at radius 3 is 2.10 bits per heavy atom. The van der Waals surface area contributed by atoms with E-state index in [0.29, 0.717) is 11.3 Å². The van der Waals surface area contributed by atoms with Crippen LogP contribution in [0.5, 0.6) is 0 Å². The molecule has 0 unspecified atom stereocenters. The van der Waals surface area contributed by atoms with Crippen LogP contribution in [-0.2, 0) is 0 Å². The molecule has 2 aromatic rings. The molecule has 0 aromatic heterocycles. The van der Waals surface area contributed by atoms with E-state index >= 15 is 0 Å². The fourth-order valence-electron chi connectivity index (χ4n) is 1.63. The third kappa shape index (κ3) is 4.01. The molecule has 0 aliphatic heterocycles. The van der Waals surface area contributed by atoms with Crippen LogP contribution in [0.1, 0.15) is 20.7 Å². The second-order valence-corrected chi connectivity index (χ2v) is 4.23. The SMILES string of the molecule is O=C(O)c1ccc(NC=CC(=O)c2ccc(F)cc2)cc1. The van der Waals surface area contributed by atoms with Gasteiger partial charge in [-0.3, -0.25) is 4.79 Å². The van der Waals surface area contributed by atoms with Crippen molar-refractivity contribution < 1.29 is 19.1 Å². The lowest BCUT2D eigenvalue weighted by molar-refractivity contribution is 0.0696. The van der Waals surface area contributed by atoms with Crippen LogP contribution in [0.4, 0.5) is 10.1 Å². The van der Waals surface area contributed by atoms with Gasteiger partial charge in [0.15, 0.2) is 5.78 Å². The maximum Gasteiger partial charge on any atom is 0.335 e. The fourth-order valence-corrected chi connectivity index (χ4v) is 1.63. The number of carbonyl (C=O) groups is 2. The highest BCUT2D eigenvalue weighted by molar-refractivity contribution is 6.04. The number of aromatic carboxylic acids is 1. The van der Waals surface area contributed by atoms with Gasteiger partial charge in [0.05, 0.1) is 5.56 Å². The van der Waals surface area contributed by atoms with E-state index in [1.807, 2.05) is 0 Å². The van der Waals surface area contributed by atoms with E-state index in [9.17, 15) is 14.0 Å². The monoisotopic (exact) mass is 285 g/mol. The molecule has 0 amide bonds. The summed E-state index contributed by atoms with van der Waals surface area (Å²) >= 11 is 0. The summed E-state index contributed by atoms with van der Waals surface area (Å²) in [6, 6.07) is 11.4. The van der Waals surface area contributed by atoms with E-state index in [-0.39, 0.29) is 11.3 Å². The Bertz CT molecular complexity index is 676. The number of carboxylic acids is 1. The molecule has 5 heteroatoms. The standard InChI is InChI=1S/C16H12FNO3/c17-13-5-1-11(2-6-13)15(19)9-10-18-14-7-3-12(4-8-14)16(20)21/h1-10,18H,(H,20,21). The summed E-state index contributed by atoms with van der Waals surface area (Å²) in [6.45, 7) is 0. The van der Waals surface area contributed by atoms with E-state index in [2.05, 4.69) is 5.32 Å². The van der Waals surface area contributed by atoms with Crippen molar-refractivity contribution in [2.45, 2.75) is 0 Å². The van der Waals surface area contributed by atoms with E-state index in [4.69, 9.17) is 5.11 Å². The minimum Gasteiger partial charge on any atom is -0.478 e. The van der Waals surface area contributed by atoms with Gasteiger partial charge >= 0.3 is 5.97 Å². The van der Waals surface area contributed by atoms with Crippen molar-refractivity contribution in [1.29, 1.82) is 0 Å². The molecule has 2 aromatic carbocycles. The summed E-state index contributed by atoms with van der Waals surface area (Å²) < 4.78 is 12.7. The Hall–Kier alpha value is -2.95. The van der Waals surface area contributed by atoms with Crippen LogP contribution < -0.4 is 5.32 Å². The highest BCUT2D eigenvalue weighted by Crippen LogP contribution is 2.10. The number of ketones is 1. The molecule has 2 rings (SSSR count). The van der Waals surface area contributed by atoms with Crippen LogP contribution >= 0.6 is 0 Å². The molecule has 0 spiro atoms. The van der Waals surface area contributed by atoms with Crippen LogP contribution in [0.2, 0.25) is 0 Å². The van der Waals surface area contributed by atoms with Crippen LogP contribution in [0.25, 0.3) is 0 Å². The van der Waals surface area contributed by atoms with Crippen molar-refractivity contribution in [1.82, 2.24) is 0 Å². The zero-order valence-electron chi connectivity index (χ0n) is 10.9. The van der Waals surface area contributed by atoms with Crippen LogP contribution in [0.15, 0.2) is 60.8 Å². The predicted octanol–water partition coefficient (Wildman–Crippen LogP) is 3.33. The highest BCUT2D eigenvalue weighted by Gasteiger charge is 2.02. The zero-order chi connectivity index (χ0) is 15.2. The van der Waals surface area contributed by atoms with E-state index in [1.165, 1.54) is 48.7 Å². The third-order valence-corrected chi connectivity index (χ3v) is 2.75. The topological polar surface area (TPSA) is 66.4 Å². The molecule has 106 valence electrons. The quantitative estimate of drug-likeness (QED) is 0.653. The van der Waals surface area contributed by atoms with Crippen LogP contribution in [0.3, 0.4) is 0 Å². The normalized spacial score (nSPS) is 10.5. The number of anilines is 1. The van der Waals surface area contributed by atoms with Gasteiger partial charge in [-0.05, 0) is 48.5 Å². The fraction of sp³-hybridized carbons (Fsp3) is 0. The van der Waals surface area contributed by atoms with Crippen molar-refractivity contribution in [2.24, 2.45) is 0 Å². The van der Waals surface area contributed by atoms with Crippen LogP contribution in [-0.4, -0.2) is 16.9 Å². The molecule has 21 heavy (non-hydrogen) atoms. The minimum absolute atomic E-state index is 0.187. The Kier molecular flexibility index (Phi) is 4.46. The Morgan fingerprint density at radius 1 is 0.952 bits per heavy atom. The van der Waals surface area contributed by atoms with Crippen molar-refractivity contribution in [3.63, 3.8) is 0 Å². The lowest BCUT2D eigenvalue weighted by atomic mass is 10.1. The maximum absolute atomic E-state index is 12.7. The molecule has 0 atom stereocenters. The van der Waals surface area contributed by atoms with E-state index < -0.39 is 11.8 Å². The zero-order valence-corrected chi connectivity index (χ0v) is 10.9. The van der Waals surface area contributed by atoms with E-state index in [0.717, 1.165) is 0 Å². The molecule has 0 radical (unpaired) electrons. The Morgan fingerprint density at radius 2 is 1.52 bits per heavy atom. The maximum atomic E-state index is 12.7. The van der Waals surface area contributed by atoms with E-state index in [1.54, 1.807) is 12.1 Å². The van der Waals surface area contributed by atoms with Gasteiger partial charge in [0.1, 0.15) is 5.82 Å². The predicted molar refractivity (Wildman–Crippen MR) is 76.9 cm³/mol. The van der Waals surface area contributed by atoms with Crippen LogP contribution in [0, 0.1) is 5.82 Å². The second-order valence-electron chi connectivity index (χ2n) is 4.23. The number of carbonyl (C=O) groups excluding carboxylic acids is 1. The highest BCUT2D eigenvalue weighted by atomic mass is 19.1. The largest absolute Gasteiger partial charge is 0.478 e. The second kappa shape index (κ2) is 6.47. The summed E-state index contributed by atoms with van der Waals surface area (Å²) in [5.74, 6) is -1.65. The minimum atomic E-state index is -0.997. The molecule has 0 aliphatic rings. The number of rotatable bonds is 5. The number of nitrogens with one attached hydrogen (secondary N) is 1. The summed E-state index contributed by atoms with van der Waals surface area (Å²) in [5.41, 5.74) is 1.23. The number of carboxylic acid groups (broad SMARTS) is 1. The molecule has 2 N–H and O–H groups in total. The van der Waals surface area contributed by atoms with Gasteiger partial charge in [0.2, 0.25) is 0 Å². The first-order valence-corrected chi connectivity index (χ1v) is 6.12. The summed E-state index contributed by atoms with van der Waals surface area (Å²) in [6.07, 6.45) is 2.76. The molecule has 0 saturated heterocycles. The molecular weight excluding hydrogens is 273 g/mol. The molecule has 0 aliphatic carbocycles. The first-order chi connectivity index (χ1) is 10.1. The van der Waals surface area contributed by atoms with Crippen molar-refractivity contribution in [3.05, 3.63) is 77.8 Å². The van der Waals surface area contributed by atoms with Gasteiger partial charge in [0.25, 0.3) is 0 Å². The van der Waals surface area contributed by atoms with Gasteiger partial charge in [-0.2, -0.15) is 0 Å². The van der Waals surface area contributed by atoms with Crippen molar-refractivity contribution >= 4 is 17.4 Å². The Balaban J connectivity index is 1.97. The molecule has 0 heterocycles. The Labute approximate surface area is 120 Å². The molecule has 0 fully saturated rings. The molecular formula is C16H12FNO3. The summed E-state index contributed by atoms with van der Waals surface area (Å²) in [4.78, 5) is 22.5. The lowest BCUT2D eigenvalue weighted by Gasteiger charge is -2.01. The number of hydrogen-bond donors (Lipinski definition) is 2. The van der Waals surface area contributed by atoms with Crippen molar-refractivity contribution in [2.75, 3.05) is 5.32 Å². The molecule has 0 bridgehead atoms. The lowest BCUT2D eigenvalue weighted by Crippen LogP contribution is -1.98. The molecule has 4 nitrogen and oxygen atoms in total. The van der Waals surface area contributed by atoms with Crippen molar-refractivity contribution in [3.8, 4) is 0 Å². The third-order valence-electron chi connectivity index (χ3n) is 2.75. The number of hydrogen-bond acceptors (Lipinski definition) is 3. The smallest absolute Gasteiger partial charge is 0.335 e. The van der Waals surface area contributed by atoms with Gasteiger partial charge in [-0.25, -0.2) is 9.18 Å².